The average molecular weight is 349 g/mol. The Morgan fingerprint density at radius 3 is 2.88 bits per heavy atom. The molecule has 138 valence electrons. The lowest BCUT2D eigenvalue weighted by Gasteiger charge is -2.32. The Bertz CT molecular complexity index is 544. The lowest BCUT2D eigenvalue weighted by molar-refractivity contribution is 0.111. The molecule has 8 heteroatoms. The largest absolute Gasteiger partial charge is 0.490 e. The average Bonchev–Trinajstić information content (AvgIpc) is 2.66. The first kappa shape index (κ1) is 18.8. The zero-order valence-corrected chi connectivity index (χ0v) is 14.9. The molecule has 1 fully saturated rings. The summed E-state index contributed by atoms with van der Waals surface area (Å²) < 4.78 is 10.4. The van der Waals surface area contributed by atoms with E-state index in [-0.39, 0.29) is 12.1 Å². The van der Waals surface area contributed by atoms with Gasteiger partial charge in [-0.1, -0.05) is 0 Å². The summed E-state index contributed by atoms with van der Waals surface area (Å²) in [6.45, 7) is 5.23. The molecule has 0 radical (unpaired) electrons. The number of pyridine rings is 1. The Kier molecular flexibility index (Phi) is 7.81. The summed E-state index contributed by atoms with van der Waals surface area (Å²) in [4.78, 5) is 21.8. The van der Waals surface area contributed by atoms with E-state index in [1.807, 2.05) is 19.1 Å². The van der Waals surface area contributed by atoms with Gasteiger partial charge >= 0.3 is 6.09 Å². The highest BCUT2D eigenvalue weighted by Crippen LogP contribution is 2.11. The molecule has 0 unspecified atom stereocenters. The third-order valence-corrected chi connectivity index (χ3v) is 3.88. The number of piperidine rings is 1. The summed E-state index contributed by atoms with van der Waals surface area (Å²) in [5.41, 5.74) is 0. The normalized spacial score (nSPS) is 15.6. The van der Waals surface area contributed by atoms with Crippen molar-refractivity contribution in [3.8, 4) is 5.75 Å². The fraction of sp³-hybridized carbons (Fsp3) is 0.588. The third kappa shape index (κ3) is 6.48. The van der Waals surface area contributed by atoms with E-state index in [0.29, 0.717) is 26.2 Å². The van der Waals surface area contributed by atoms with Gasteiger partial charge in [0, 0.05) is 31.9 Å². The van der Waals surface area contributed by atoms with Crippen molar-refractivity contribution in [1.82, 2.24) is 20.5 Å². The van der Waals surface area contributed by atoms with Crippen molar-refractivity contribution in [2.75, 3.05) is 39.9 Å². The van der Waals surface area contributed by atoms with Gasteiger partial charge in [0.2, 0.25) is 0 Å². The molecular weight excluding hydrogens is 322 g/mol. The first-order valence-corrected chi connectivity index (χ1v) is 8.63. The van der Waals surface area contributed by atoms with Crippen LogP contribution in [0.4, 0.5) is 4.79 Å². The molecule has 1 aliphatic rings. The van der Waals surface area contributed by atoms with E-state index < -0.39 is 0 Å². The smallest absolute Gasteiger partial charge is 0.409 e. The molecule has 1 saturated heterocycles. The van der Waals surface area contributed by atoms with Crippen LogP contribution in [-0.2, 0) is 4.74 Å². The standard InChI is InChI=1S/C17H27N5O3/c1-3-19-16(20-9-12-25-15-5-4-8-18-13-15)21-14-6-10-22(11-7-14)17(23)24-2/h4-5,8,13-14H,3,6-7,9-12H2,1-2H3,(H2,19,20,21). The topological polar surface area (TPSA) is 88.1 Å². The molecule has 2 heterocycles. The molecule has 1 aromatic heterocycles. The van der Waals surface area contributed by atoms with Crippen LogP contribution in [-0.4, -0.2) is 67.9 Å². The van der Waals surface area contributed by atoms with E-state index in [1.54, 1.807) is 17.3 Å². The predicted octanol–water partition coefficient (Wildman–Crippen LogP) is 1.25. The SMILES string of the molecule is CCNC(=NCCOc1cccnc1)NC1CCN(C(=O)OC)CC1. The van der Waals surface area contributed by atoms with Crippen LogP contribution >= 0.6 is 0 Å². The highest BCUT2D eigenvalue weighted by molar-refractivity contribution is 5.80. The first-order valence-electron chi connectivity index (χ1n) is 8.63. The number of nitrogens with zero attached hydrogens (tertiary/aromatic N) is 3. The van der Waals surface area contributed by atoms with E-state index in [4.69, 9.17) is 9.47 Å². The van der Waals surface area contributed by atoms with Crippen molar-refractivity contribution in [3.63, 3.8) is 0 Å². The van der Waals surface area contributed by atoms with Crippen LogP contribution in [0.15, 0.2) is 29.5 Å². The fourth-order valence-corrected chi connectivity index (χ4v) is 2.60. The number of carbonyl (C=O) groups excluding carboxylic acids is 1. The summed E-state index contributed by atoms with van der Waals surface area (Å²) >= 11 is 0. The summed E-state index contributed by atoms with van der Waals surface area (Å²) in [6.07, 6.45) is 4.87. The number of hydrogen-bond acceptors (Lipinski definition) is 5. The molecule has 2 N–H and O–H groups in total. The molecule has 0 saturated carbocycles. The van der Waals surface area contributed by atoms with Crippen LogP contribution in [0.1, 0.15) is 19.8 Å². The van der Waals surface area contributed by atoms with Gasteiger partial charge in [-0.05, 0) is 31.9 Å². The minimum absolute atomic E-state index is 0.258. The Morgan fingerprint density at radius 2 is 2.24 bits per heavy atom. The number of rotatable bonds is 6. The number of amides is 1. The molecule has 1 amide bonds. The van der Waals surface area contributed by atoms with Crippen molar-refractivity contribution in [2.24, 2.45) is 4.99 Å². The third-order valence-electron chi connectivity index (χ3n) is 3.88. The molecule has 1 aliphatic heterocycles. The number of aliphatic imine (C=N–C) groups is 1. The van der Waals surface area contributed by atoms with Crippen LogP contribution in [0.5, 0.6) is 5.75 Å². The van der Waals surface area contributed by atoms with Crippen molar-refractivity contribution in [3.05, 3.63) is 24.5 Å². The molecule has 1 aromatic rings. The Balaban J connectivity index is 1.75. The van der Waals surface area contributed by atoms with E-state index in [1.165, 1.54) is 7.11 Å². The van der Waals surface area contributed by atoms with Crippen LogP contribution in [0.3, 0.4) is 0 Å². The van der Waals surface area contributed by atoms with Gasteiger partial charge in [0.25, 0.3) is 0 Å². The number of ether oxygens (including phenoxy) is 2. The minimum Gasteiger partial charge on any atom is -0.490 e. The molecule has 0 aliphatic carbocycles. The monoisotopic (exact) mass is 349 g/mol. The molecule has 0 aromatic carbocycles. The molecule has 2 rings (SSSR count). The van der Waals surface area contributed by atoms with Crippen LogP contribution in [0, 0.1) is 0 Å². The fourth-order valence-electron chi connectivity index (χ4n) is 2.60. The van der Waals surface area contributed by atoms with Gasteiger partial charge in [-0.25, -0.2) is 9.79 Å². The van der Waals surface area contributed by atoms with Crippen LogP contribution in [0.2, 0.25) is 0 Å². The second kappa shape index (κ2) is 10.4. The van der Waals surface area contributed by atoms with Crippen molar-refractivity contribution in [2.45, 2.75) is 25.8 Å². The Hall–Kier alpha value is -2.51. The molecule has 0 spiro atoms. The Labute approximate surface area is 148 Å². The quantitative estimate of drug-likeness (QED) is 0.456. The van der Waals surface area contributed by atoms with Gasteiger partial charge < -0.3 is 25.0 Å². The van der Waals surface area contributed by atoms with E-state index in [2.05, 4.69) is 20.6 Å². The summed E-state index contributed by atoms with van der Waals surface area (Å²) in [5, 5.41) is 6.66. The number of methoxy groups -OCH3 is 1. The van der Waals surface area contributed by atoms with E-state index in [9.17, 15) is 4.79 Å². The van der Waals surface area contributed by atoms with Gasteiger partial charge in [0.05, 0.1) is 19.9 Å². The van der Waals surface area contributed by atoms with Gasteiger partial charge in [-0.3, -0.25) is 4.98 Å². The van der Waals surface area contributed by atoms with Gasteiger partial charge in [0.1, 0.15) is 12.4 Å². The van der Waals surface area contributed by atoms with Crippen LogP contribution in [0.25, 0.3) is 0 Å². The predicted molar refractivity (Wildman–Crippen MR) is 95.8 cm³/mol. The number of aromatic nitrogens is 1. The lowest BCUT2D eigenvalue weighted by Crippen LogP contribution is -2.49. The molecular formula is C17H27N5O3. The molecule has 25 heavy (non-hydrogen) atoms. The number of nitrogens with one attached hydrogen (secondary N) is 2. The maximum absolute atomic E-state index is 11.5. The Morgan fingerprint density at radius 1 is 1.44 bits per heavy atom. The zero-order valence-electron chi connectivity index (χ0n) is 14.9. The van der Waals surface area contributed by atoms with E-state index in [0.717, 1.165) is 31.1 Å². The number of likely N-dealkylation sites (tertiary alicyclic amines) is 1. The van der Waals surface area contributed by atoms with Gasteiger partial charge in [-0.15, -0.1) is 0 Å². The number of carbonyl (C=O) groups is 1. The van der Waals surface area contributed by atoms with Crippen molar-refractivity contribution >= 4 is 12.1 Å². The zero-order chi connectivity index (χ0) is 17.9. The first-order chi connectivity index (χ1) is 12.2. The van der Waals surface area contributed by atoms with Crippen molar-refractivity contribution < 1.29 is 14.3 Å². The molecule has 0 atom stereocenters. The molecule has 8 nitrogen and oxygen atoms in total. The van der Waals surface area contributed by atoms with Gasteiger partial charge in [-0.2, -0.15) is 0 Å². The van der Waals surface area contributed by atoms with Gasteiger partial charge in [0.15, 0.2) is 5.96 Å². The second-order valence-electron chi connectivity index (χ2n) is 5.67. The highest BCUT2D eigenvalue weighted by Gasteiger charge is 2.23. The van der Waals surface area contributed by atoms with Crippen LogP contribution < -0.4 is 15.4 Å². The molecule has 0 bridgehead atoms. The second-order valence-corrected chi connectivity index (χ2v) is 5.67. The number of hydrogen-bond donors (Lipinski definition) is 2. The summed E-state index contributed by atoms with van der Waals surface area (Å²) in [6, 6.07) is 4.00. The maximum atomic E-state index is 11.5. The summed E-state index contributed by atoms with van der Waals surface area (Å²) in [7, 11) is 1.41. The van der Waals surface area contributed by atoms with Crippen molar-refractivity contribution in [1.29, 1.82) is 0 Å². The highest BCUT2D eigenvalue weighted by atomic mass is 16.5. The number of guanidine groups is 1. The lowest BCUT2D eigenvalue weighted by atomic mass is 10.1. The van der Waals surface area contributed by atoms with E-state index >= 15 is 0 Å². The maximum Gasteiger partial charge on any atom is 0.409 e. The summed E-state index contributed by atoms with van der Waals surface area (Å²) in [5.74, 6) is 1.51. The minimum atomic E-state index is -0.258.